The van der Waals surface area contributed by atoms with Gasteiger partial charge in [-0.2, -0.15) is 0 Å². The first-order chi connectivity index (χ1) is 10.3. The highest BCUT2D eigenvalue weighted by Crippen LogP contribution is 2.41. The lowest BCUT2D eigenvalue weighted by Gasteiger charge is -2.43. The van der Waals surface area contributed by atoms with Crippen molar-refractivity contribution in [3.05, 3.63) is 35.4 Å². The molecular weight excluding hydrogens is 258 g/mol. The Morgan fingerprint density at radius 1 is 1.19 bits per heavy atom. The van der Waals surface area contributed by atoms with Crippen molar-refractivity contribution in [2.45, 2.75) is 70.4 Å². The van der Waals surface area contributed by atoms with Crippen molar-refractivity contribution >= 4 is 0 Å². The van der Waals surface area contributed by atoms with Gasteiger partial charge in [0.1, 0.15) is 0 Å². The van der Waals surface area contributed by atoms with Crippen molar-refractivity contribution in [2.75, 3.05) is 13.7 Å². The van der Waals surface area contributed by atoms with E-state index in [2.05, 4.69) is 50.5 Å². The number of hydrogen-bond acceptors (Lipinski definition) is 2. The van der Waals surface area contributed by atoms with Crippen LogP contribution in [0, 0.1) is 0 Å². The number of rotatable bonds is 7. The fourth-order valence-corrected chi connectivity index (χ4v) is 3.90. The van der Waals surface area contributed by atoms with Gasteiger partial charge in [-0.25, -0.2) is 0 Å². The monoisotopic (exact) mass is 289 g/mol. The molecular formula is C19H31NO. The molecule has 1 aliphatic rings. The highest BCUT2D eigenvalue weighted by atomic mass is 16.5. The number of nitrogens with one attached hydrogen (secondary N) is 1. The molecule has 0 amide bonds. The number of hydrogen-bond donors (Lipinski definition) is 1. The van der Waals surface area contributed by atoms with Gasteiger partial charge >= 0.3 is 0 Å². The highest BCUT2D eigenvalue weighted by molar-refractivity contribution is 5.28. The van der Waals surface area contributed by atoms with E-state index in [9.17, 15) is 0 Å². The van der Waals surface area contributed by atoms with E-state index in [1.54, 1.807) is 0 Å². The van der Waals surface area contributed by atoms with Gasteiger partial charge in [0.25, 0.3) is 0 Å². The van der Waals surface area contributed by atoms with Crippen molar-refractivity contribution < 1.29 is 4.74 Å². The molecule has 1 aromatic carbocycles. The number of benzene rings is 1. The first kappa shape index (κ1) is 16.5. The fraction of sp³-hybridized carbons (Fsp3) is 0.684. The second kappa shape index (κ2) is 7.95. The Bertz CT molecular complexity index is 418. The number of aryl methyl sites for hydroxylation is 1. The minimum atomic E-state index is -0.0212. The Kier molecular flexibility index (Phi) is 6.25. The van der Waals surface area contributed by atoms with E-state index in [1.165, 1.54) is 49.7 Å². The summed E-state index contributed by atoms with van der Waals surface area (Å²) in [5, 5.41) is 3.56. The lowest BCUT2D eigenvalue weighted by atomic mass is 9.76. The van der Waals surface area contributed by atoms with Gasteiger partial charge in [0.2, 0.25) is 0 Å². The van der Waals surface area contributed by atoms with Crippen LogP contribution in [-0.2, 0) is 11.2 Å². The van der Waals surface area contributed by atoms with E-state index >= 15 is 0 Å². The molecule has 1 unspecified atom stereocenters. The summed E-state index contributed by atoms with van der Waals surface area (Å²) in [6.07, 6.45) is 8.62. The van der Waals surface area contributed by atoms with Crippen molar-refractivity contribution in [3.63, 3.8) is 0 Å². The maximum atomic E-state index is 6.32. The molecule has 2 rings (SSSR count). The van der Waals surface area contributed by atoms with Gasteiger partial charge in [-0.15, -0.1) is 0 Å². The summed E-state index contributed by atoms with van der Waals surface area (Å²) in [6.45, 7) is 5.16. The Morgan fingerprint density at radius 3 is 2.57 bits per heavy atom. The molecule has 2 heteroatoms. The summed E-state index contributed by atoms with van der Waals surface area (Å²) in [4.78, 5) is 0. The topological polar surface area (TPSA) is 21.3 Å². The largest absolute Gasteiger partial charge is 0.373 e. The minimum absolute atomic E-state index is 0.0212. The smallest absolute Gasteiger partial charge is 0.0876 e. The van der Waals surface area contributed by atoms with Gasteiger partial charge in [0.05, 0.1) is 11.6 Å². The molecule has 1 N–H and O–H groups in total. The highest BCUT2D eigenvalue weighted by Gasteiger charge is 2.40. The molecule has 0 aromatic heterocycles. The quantitative estimate of drug-likeness (QED) is 0.789. The summed E-state index contributed by atoms with van der Waals surface area (Å²) in [5.41, 5.74) is 2.81. The molecule has 21 heavy (non-hydrogen) atoms. The van der Waals surface area contributed by atoms with Crippen LogP contribution in [0.3, 0.4) is 0 Å². The average molecular weight is 289 g/mol. The molecule has 0 saturated heterocycles. The predicted molar refractivity (Wildman–Crippen MR) is 89.7 cm³/mol. The first-order valence-electron chi connectivity index (χ1n) is 8.66. The van der Waals surface area contributed by atoms with Crippen LogP contribution in [0.25, 0.3) is 0 Å². The van der Waals surface area contributed by atoms with Gasteiger partial charge in [-0.1, -0.05) is 56.9 Å². The lowest BCUT2D eigenvalue weighted by Crippen LogP contribution is -2.46. The average Bonchev–Trinajstić information content (AvgIpc) is 2.50. The lowest BCUT2D eigenvalue weighted by molar-refractivity contribution is -0.0898. The molecule has 0 spiro atoms. The third kappa shape index (κ3) is 3.87. The summed E-state index contributed by atoms with van der Waals surface area (Å²) >= 11 is 0. The standard InChI is InChI=1S/C19H31NO/c1-4-10-16-11-9-12-17(15-16)18(20-3)19(21-5-2)13-7-6-8-14-19/h9,11-12,15,18,20H,4-8,10,13-14H2,1-3H3. The van der Waals surface area contributed by atoms with Crippen LogP contribution in [0.1, 0.15) is 69.5 Å². The third-order valence-electron chi connectivity index (χ3n) is 4.77. The number of likely N-dealkylation sites (N-methyl/N-ethyl adjacent to an activating group) is 1. The molecule has 1 atom stereocenters. The molecule has 0 radical (unpaired) electrons. The van der Waals surface area contributed by atoms with Crippen LogP contribution in [0.4, 0.5) is 0 Å². The van der Waals surface area contributed by atoms with Crippen LogP contribution in [0.5, 0.6) is 0 Å². The fourth-order valence-electron chi connectivity index (χ4n) is 3.90. The zero-order chi connectivity index (χ0) is 15.1. The third-order valence-corrected chi connectivity index (χ3v) is 4.77. The predicted octanol–water partition coefficient (Wildman–Crippen LogP) is 4.64. The maximum Gasteiger partial charge on any atom is 0.0876 e. The molecule has 1 aliphatic carbocycles. The number of ether oxygens (including phenoxy) is 1. The van der Waals surface area contributed by atoms with E-state index in [4.69, 9.17) is 4.74 Å². The molecule has 0 heterocycles. The van der Waals surface area contributed by atoms with Crippen molar-refractivity contribution in [1.82, 2.24) is 5.32 Å². The second-order valence-corrected chi connectivity index (χ2v) is 6.28. The zero-order valence-corrected chi connectivity index (χ0v) is 14.0. The molecule has 1 fully saturated rings. The summed E-state index contributed by atoms with van der Waals surface area (Å²) in [7, 11) is 2.08. The van der Waals surface area contributed by atoms with Crippen molar-refractivity contribution in [3.8, 4) is 0 Å². The molecule has 0 bridgehead atoms. The second-order valence-electron chi connectivity index (χ2n) is 6.28. The minimum Gasteiger partial charge on any atom is -0.373 e. The summed E-state index contributed by atoms with van der Waals surface area (Å²) < 4.78 is 6.32. The van der Waals surface area contributed by atoms with Crippen LogP contribution in [-0.4, -0.2) is 19.3 Å². The Labute approximate surface area is 130 Å². The van der Waals surface area contributed by atoms with E-state index in [0.717, 1.165) is 13.0 Å². The first-order valence-corrected chi connectivity index (χ1v) is 8.66. The Morgan fingerprint density at radius 2 is 1.95 bits per heavy atom. The summed E-state index contributed by atoms with van der Waals surface area (Å²) in [5.74, 6) is 0. The summed E-state index contributed by atoms with van der Waals surface area (Å²) in [6, 6.07) is 9.38. The molecule has 118 valence electrons. The molecule has 1 saturated carbocycles. The van der Waals surface area contributed by atoms with E-state index in [1.807, 2.05) is 0 Å². The van der Waals surface area contributed by atoms with E-state index < -0.39 is 0 Å². The van der Waals surface area contributed by atoms with Gasteiger partial charge in [-0.3, -0.25) is 0 Å². The Hall–Kier alpha value is -0.860. The van der Waals surface area contributed by atoms with Gasteiger partial charge in [0, 0.05) is 6.61 Å². The normalized spacial score (nSPS) is 19.4. The van der Waals surface area contributed by atoms with Crippen molar-refractivity contribution in [2.24, 2.45) is 0 Å². The van der Waals surface area contributed by atoms with Crippen LogP contribution in [0.15, 0.2) is 24.3 Å². The molecule has 2 nitrogen and oxygen atoms in total. The van der Waals surface area contributed by atoms with Gasteiger partial charge in [0.15, 0.2) is 0 Å². The molecule has 0 aliphatic heterocycles. The van der Waals surface area contributed by atoms with Crippen LogP contribution in [0.2, 0.25) is 0 Å². The van der Waals surface area contributed by atoms with Gasteiger partial charge in [-0.05, 0) is 44.4 Å². The maximum absolute atomic E-state index is 6.32. The SMILES string of the molecule is CCCc1cccc(C(NC)C2(OCC)CCCCC2)c1. The van der Waals surface area contributed by atoms with E-state index in [-0.39, 0.29) is 5.60 Å². The van der Waals surface area contributed by atoms with Crippen LogP contribution < -0.4 is 5.32 Å². The Balaban J connectivity index is 2.29. The zero-order valence-electron chi connectivity index (χ0n) is 14.0. The van der Waals surface area contributed by atoms with Gasteiger partial charge < -0.3 is 10.1 Å². The molecule has 1 aromatic rings. The van der Waals surface area contributed by atoms with E-state index in [0.29, 0.717) is 6.04 Å². The van der Waals surface area contributed by atoms with Crippen LogP contribution >= 0.6 is 0 Å². The van der Waals surface area contributed by atoms with Crippen molar-refractivity contribution in [1.29, 1.82) is 0 Å².